The minimum Gasteiger partial charge on any atom is -0.375 e. The zero-order chi connectivity index (χ0) is 14.3. The highest BCUT2D eigenvalue weighted by atomic mass is 35.5. The third kappa shape index (κ3) is 2.51. The van der Waals surface area contributed by atoms with E-state index in [0.29, 0.717) is 17.9 Å². The molecule has 1 fully saturated rings. The van der Waals surface area contributed by atoms with Gasteiger partial charge >= 0.3 is 0 Å². The lowest BCUT2D eigenvalue weighted by Gasteiger charge is -2.26. The van der Waals surface area contributed by atoms with E-state index in [9.17, 15) is 0 Å². The van der Waals surface area contributed by atoms with Crippen LogP contribution in [-0.4, -0.2) is 12.2 Å². The van der Waals surface area contributed by atoms with Crippen LogP contribution in [0.15, 0.2) is 18.2 Å². The molecule has 2 heteroatoms. The Kier molecular flexibility index (Phi) is 4.10. The number of halogens is 1. The Morgan fingerprint density at radius 1 is 1.05 bits per heavy atom. The molecule has 0 N–H and O–H groups in total. The molecule has 3 rings (SSSR count). The van der Waals surface area contributed by atoms with Gasteiger partial charge in [-0.3, -0.25) is 0 Å². The van der Waals surface area contributed by atoms with Crippen LogP contribution in [-0.2, 0) is 17.6 Å². The zero-order valence-corrected chi connectivity index (χ0v) is 13.5. The van der Waals surface area contributed by atoms with Gasteiger partial charge in [-0.1, -0.05) is 25.1 Å². The lowest BCUT2D eigenvalue weighted by atomic mass is 9.82. The molecular formula is C18H25ClO. The van der Waals surface area contributed by atoms with Gasteiger partial charge in [0.2, 0.25) is 0 Å². The first-order valence-corrected chi connectivity index (χ1v) is 8.43. The molecule has 1 aromatic carbocycles. The molecule has 1 nitrogen and oxygen atoms in total. The van der Waals surface area contributed by atoms with Crippen molar-refractivity contribution in [2.24, 2.45) is 11.8 Å². The predicted octanol–water partition coefficient (Wildman–Crippen LogP) is 4.90. The molecule has 1 aromatic rings. The Labute approximate surface area is 127 Å². The SMILES string of the molecule is CC1OC(C)C(C(Cl)c2ccc3c(c2)CCCC3)C1C. The lowest BCUT2D eigenvalue weighted by Crippen LogP contribution is -2.22. The number of rotatable bonds is 2. The van der Waals surface area contributed by atoms with Crippen LogP contribution in [0.5, 0.6) is 0 Å². The summed E-state index contributed by atoms with van der Waals surface area (Å²) in [6, 6.07) is 6.90. The van der Waals surface area contributed by atoms with Gasteiger partial charge in [-0.15, -0.1) is 11.6 Å². The van der Waals surface area contributed by atoms with Gasteiger partial charge in [-0.2, -0.15) is 0 Å². The molecule has 110 valence electrons. The molecule has 5 unspecified atom stereocenters. The Hall–Kier alpha value is -0.530. The molecule has 1 aliphatic heterocycles. The van der Waals surface area contributed by atoms with Gasteiger partial charge in [-0.25, -0.2) is 0 Å². The normalized spacial score (nSPS) is 34.8. The quantitative estimate of drug-likeness (QED) is 0.704. The molecule has 1 saturated heterocycles. The van der Waals surface area contributed by atoms with E-state index in [2.05, 4.69) is 39.0 Å². The van der Waals surface area contributed by atoms with Gasteiger partial charge in [0.25, 0.3) is 0 Å². The average Bonchev–Trinajstić information content (AvgIpc) is 2.71. The van der Waals surface area contributed by atoms with Crippen LogP contribution in [0.1, 0.15) is 55.7 Å². The molecule has 0 aromatic heterocycles. The van der Waals surface area contributed by atoms with E-state index < -0.39 is 0 Å². The number of alkyl halides is 1. The predicted molar refractivity (Wildman–Crippen MR) is 84.3 cm³/mol. The van der Waals surface area contributed by atoms with Gasteiger partial charge < -0.3 is 4.74 Å². The van der Waals surface area contributed by atoms with Crippen molar-refractivity contribution in [1.29, 1.82) is 0 Å². The third-order valence-corrected chi connectivity index (χ3v) is 5.89. The number of aryl methyl sites for hydroxylation is 2. The largest absolute Gasteiger partial charge is 0.375 e. The Morgan fingerprint density at radius 2 is 1.75 bits per heavy atom. The summed E-state index contributed by atoms with van der Waals surface area (Å²) in [6.45, 7) is 6.60. The summed E-state index contributed by atoms with van der Waals surface area (Å²) in [6.07, 6.45) is 5.67. The van der Waals surface area contributed by atoms with Crippen molar-refractivity contribution >= 4 is 11.6 Å². The van der Waals surface area contributed by atoms with Gasteiger partial charge in [0.05, 0.1) is 17.6 Å². The Bertz CT molecular complexity index is 484. The third-order valence-electron chi connectivity index (χ3n) is 5.35. The maximum atomic E-state index is 6.83. The number of benzene rings is 1. The second-order valence-electron chi connectivity index (χ2n) is 6.62. The first kappa shape index (κ1) is 14.4. The van der Waals surface area contributed by atoms with Crippen molar-refractivity contribution in [1.82, 2.24) is 0 Å². The lowest BCUT2D eigenvalue weighted by molar-refractivity contribution is 0.0508. The second kappa shape index (κ2) is 5.69. The van der Waals surface area contributed by atoms with Gasteiger partial charge in [0, 0.05) is 5.92 Å². The van der Waals surface area contributed by atoms with Crippen LogP contribution in [0.25, 0.3) is 0 Å². The summed E-state index contributed by atoms with van der Waals surface area (Å²) in [5.74, 6) is 0.928. The van der Waals surface area contributed by atoms with E-state index in [0.717, 1.165) is 0 Å². The Morgan fingerprint density at radius 3 is 2.40 bits per heavy atom. The minimum absolute atomic E-state index is 0.0668. The van der Waals surface area contributed by atoms with E-state index >= 15 is 0 Å². The first-order valence-electron chi connectivity index (χ1n) is 7.99. The molecule has 20 heavy (non-hydrogen) atoms. The molecule has 0 saturated carbocycles. The van der Waals surface area contributed by atoms with Gasteiger partial charge in [0.15, 0.2) is 0 Å². The summed E-state index contributed by atoms with van der Waals surface area (Å²) in [7, 11) is 0. The van der Waals surface area contributed by atoms with E-state index in [1.54, 1.807) is 0 Å². The summed E-state index contributed by atoms with van der Waals surface area (Å²) in [5.41, 5.74) is 4.33. The minimum atomic E-state index is 0.0668. The van der Waals surface area contributed by atoms with Crippen molar-refractivity contribution < 1.29 is 4.74 Å². The van der Waals surface area contributed by atoms with Gasteiger partial charge in [0.1, 0.15) is 0 Å². The van der Waals surface area contributed by atoms with E-state index in [1.807, 2.05) is 0 Å². The molecule has 0 spiro atoms. The van der Waals surface area contributed by atoms with Crippen LogP contribution in [0, 0.1) is 11.8 Å². The highest BCUT2D eigenvalue weighted by molar-refractivity contribution is 6.21. The topological polar surface area (TPSA) is 9.23 Å². The van der Waals surface area contributed by atoms with Gasteiger partial charge in [-0.05, 0) is 62.1 Å². The number of hydrogen-bond donors (Lipinski definition) is 0. The molecule has 2 aliphatic rings. The zero-order valence-electron chi connectivity index (χ0n) is 12.7. The second-order valence-corrected chi connectivity index (χ2v) is 7.09. The fourth-order valence-corrected chi connectivity index (χ4v) is 4.52. The summed E-state index contributed by atoms with van der Waals surface area (Å²) >= 11 is 6.83. The summed E-state index contributed by atoms with van der Waals surface area (Å²) in [4.78, 5) is 0. The standard InChI is InChI=1S/C18H25ClO/c1-11-12(2)20-13(3)17(11)18(19)16-9-8-14-6-4-5-7-15(14)10-16/h8-13,17-18H,4-7H2,1-3H3. The maximum absolute atomic E-state index is 6.83. The highest BCUT2D eigenvalue weighted by Crippen LogP contribution is 2.44. The van der Waals surface area contributed by atoms with Crippen molar-refractivity contribution in [3.8, 4) is 0 Å². The number of hydrogen-bond acceptors (Lipinski definition) is 1. The Balaban J connectivity index is 1.85. The monoisotopic (exact) mass is 292 g/mol. The van der Waals surface area contributed by atoms with Crippen molar-refractivity contribution in [3.63, 3.8) is 0 Å². The molecule has 1 heterocycles. The first-order chi connectivity index (χ1) is 9.58. The molecule has 0 radical (unpaired) electrons. The molecule has 1 aliphatic carbocycles. The average molecular weight is 293 g/mol. The summed E-state index contributed by atoms with van der Waals surface area (Å²) < 4.78 is 5.96. The van der Waals surface area contributed by atoms with Crippen LogP contribution in [0.2, 0.25) is 0 Å². The maximum Gasteiger partial charge on any atom is 0.0641 e. The molecule has 0 bridgehead atoms. The van der Waals surface area contributed by atoms with Crippen molar-refractivity contribution in [2.45, 2.75) is 64.0 Å². The van der Waals surface area contributed by atoms with Crippen molar-refractivity contribution in [2.75, 3.05) is 0 Å². The van der Waals surface area contributed by atoms with Crippen LogP contribution < -0.4 is 0 Å². The van der Waals surface area contributed by atoms with Crippen LogP contribution >= 0.6 is 11.6 Å². The van der Waals surface area contributed by atoms with E-state index in [-0.39, 0.29) is 11.5 Å². The number of fused-ring (bicyclic) bond motifs is 1. The van der Waals surface area contributed by atoms with Crippen LogP contribution in [0.4, 0.5) is 0 Å². The number of ether oxygens (including phenoxy) is 1. The molecular weight excluding hydrogens is 268 g/mol. The van der Waals surface area contributed by atoms with Crippen LogP contribution in [0.3, 0.4) is 0 Å². The van der Waals surface area contributed by atoms with E-state index in [4.69, 9.17) is 16.3 Å². The smallest absolute Gasteiger partial charge is 0.0641 e. The molecule has 0 amide bonds. The summed E-state index contributed by atoms with van der Waals surface area (Å²) in [5, 5.41) is 0.0668. The van der Waals surface area contributed by atoms with Crippen molar-refractivity contribution in [3.05, 3.63) is 34.9 Å². The molecule has 5 atom stereocenters. The fourth-order valence-electron chi connectivity index (χ4n) is 3.95. The fraction of sp³-hybridized carbons (Fsp3) is 0.667. The van der Waals surface area contributed by atoms with E-state index in [1.165, 1.54) is 42.4 Å². The highest BCUT2D eigenvalue weighted by Gasteiger charge is 2.41.